The lowest BCUT2D eigenvalue weighted by Gasteiger charge is -2.13. The number of rotatable bonds is 4. The molecule has 0 heterocycles. The van der Waals surface area contributed by atoms with Crippen LogP contribution in [0.25, 0.3) is 0 Å². The summed E-state index contributed by atoms with van der Waals surface area (Å²) in [7, 11) is 0. The second-order valence-corrected chi connectivity index (χ2v) is 5.93. The molecule has 0 aliphatic heterocycles. The van der Waals surface area contributed by atoms with Gasteiger partial charge in [0, 0.05) is 17.6 Å². The lowest BCUT2D eigenvalue weighted by atomic mass is 10.00. The fourth-order valence-electron chi connectivity index (χ4n) is 2.45. The van der Waals surface area contributed by atoms with Gasteiger partial charge in [-0.1, -0.05) is 51.8 Å². The average Bonchev–Trinajstić information content (AvgIpc) is 2.34. The van der Waals surface area contributed by atoms with Crippen molar-refractivity contribution in [2.24, 2.45) is 0 Å². The topological polar surface area (TPSA) is 12.0 Å². The van der Waals surface area contributed by atoms with E-state index in [2.05, 4.69) is 72.3 Å². The number of benzene rings is 2. The molecule has 2 rings (SSSR count). The van der Waals surface area contributed by atoms with E-state index in [1.165, 1.54) is 32.3 Å². The summed E-state index contributed by atoms with van der Waals surface area (Å²) in [4.78, 5) is 0. The average molecular weight is 318 g/mol. The van der Waals surface area contributed by atoms with E-state index in [0.717, 1.165) is 13.1 Å². The summed E-state index contributed by atoms with van der Waals surface area (Å²) in [5.74, 6) is 0. The highest BCUT2D eigenvalue weighted by molar-refractivity contribution is 9.10. The first-order chi connectivity index (χ1) is 9.08. The molecule has 0 radical (unpaired) electrons. The third-order valence-corrected chi connectivity index (χ3v) is 4.19. The van der Waals surface area contributed by atoms with Crippen molar-refractivity contribution in [2.45, 2.75) is 33.9 Å². The number of nitrogens with one attached hydrogen (secondary N) is 1. The quantitative estimate of drug-likeness (QED) is 0.864. The molecular formula is C17H20BrN. The molecule has 2 heteroatoms. The van der Waals surface area contributed by atoms with E-state index in [9.17, 15) is 0 Å². The monoisotopic (exact) mass is 317 g/mol. The molecule has 0 fully saturated rings. The predicted molar refractivity (Wildman–Crippen MR) is 85.3 cm³/mol. The molecule has 2 aromatic rings. The summed E-state index contributed by atoms with van der Waals surface area (Å²) < 4.78 is 1.17. The van der Waals surface area contributed by atoms with Crippen molar-refractivity contribution in [3.8, 4) is 0 Å². The molecule has 2 aromatic carbocycles. The molecule has 100 valence electrons. The summed E-state index contributed by atoms with van der Waals surface area (Å²) in [5.41, 5.74) is 6.79. The van der Waals surface area contributed by atoms with Crippen molar-refractivity contribution in [1.82, 2.24) is 5.32 Å². The Morgan fingerprint density at radius 2 is 1.58 bits per heavy atom. The zero-order chi connectivity index (χ0) is 13.8. The first-order valence-corrected chi connectivity index (χ1v) is 7.38. The third-order valence-electron chi connectivity index (χ3n) is 3.42. The Bertz CT molecular complexity index is 552. The van der Waals surface area contributed by atoms with Crippen molar-refractivity contribution in [3.05, 3.63) is 68.7 Å². The second kappa shape index (κ2) is 6.36. The van der Waals surface area contributed by atoms with E-state index in [4.69, 9.17) is 0 Å². The predicted octanol–water partition coefficient (Wildman–Crippen LogP) is 4.66. The molecule has 1 N–H and O–H groups in total. The van der Waals surface area contributed by atoms with Gasteiger partial charge in [-0.15, -0.1) is 0 Å². The number of hydrogen-bond acceptors (Lipinski definition) is 1. The molecule has 19 heavy (non-hydrogen) atoms. The molecule has 0 saturated heterocycles. The van der Waals surface area contributed by atoms with Crippen molar-refractivity contribution < 1.29 is 0 Å². The second-order valence-electron chi connectivity index (χ2n) is 5.07. The maximum atomic E-state index is 3.58. The Balaban J connectivity index is 2.02. The Hall–Kier alpha value is -1.12. The molecule has 0 aliphatic rings. The molecule has 0 aromatic heterocycles. The molecular weight excluding hydrogens is 298 g/mol. The standard InChI is InChI=1S/C17H20BrN/c1-12-8-13(2)16(14(3)9-12)11-19-10-15-6-4-5-7-17(15)18/h4-9,19H,10-11H2,1-3H3. The minimum absolute atomic E-state index is 0.883. The highest BCUT2D eigenvalue weighted by Gasteiger charge is 2.04. The van der Waals surface area contributed by atoms with Crippen LogP contribution in [0.2, 0.25) is 0 Å². The van der Waals surface area contributed by atoms with E-state index in [0.29, 0.717) is 0 Å². The normalized spacial score (nSPS) is 10.7. The van der Waals surface area contributed by atoms with Crippen LogP contribution >= 0.6 is 15.9 Å². The van der Waals surface area contributed by atoms with E-state index in [1.807, 2.05) is 6.07 Å². The molecule has 0 saturated carbocycles. The minimum atomic E-state index is 0.883. The van der Waals surface area contributed by atoms with Crippen LogP contribution < -0.4 is 5.32 Å². The van der Waals surface area contributed by atoms with Crippen molar-refractivity contribution in [3.63, 3.8) is 0 Å². The first kappa shape index (κ1) is 14.3. The van der Waals surface area contributed by atoms with Gasteiger partial charge in [-0.25, -0.2) is 0 Å². The molecule has 0 atom stereocenters. The minimum Gasteiger partial charge on any atom is -0.309 e. The van der Waals surface area contributed by atoms with Crippen LogP contribution in [0.15, 0.2) is 40.9 Å². The molecule has 0 unspecified atom stereocenters. The Morgan fingerprint density at radius 1 is 0.947 bits per heavy atom. The maximum Gasteiger partial charge on any atom is 0.0220 e. The maximum absolute atomic E-state index is 3.58. The fraction of sp³-hybridized carbons (Fsp3) is 0.294. The van der Waals surface area contributed by atoms with Gasteiger partial charge in [-0.3, -0.25) is 0 Å². The van der Waals surface area contributed by atoms with Gasteiger partial charge in [-0.2, -0.15) is 0 Å². The van der Waals surface area contributed by atoms with Gasteiger partial charge in [0.05, 0.1) is 0 Å². The van der Waals surface area contributed by atoms with Crippen molar-refractivity contribution in [1.29, 1.82) is 0 Å². The smallest absolute Gasteiger partial charge is 0.0220 e. The lowest BCUT2D eigenvalue weighted by molar-refractivity contribution is 0.686. The van der Waals surface area contributed by atoms with Gasteiger partial charge in [-0.05, 0) is 49.1 Å². The van der Waals surface area contributed by atoms with E-state index in [-0.39, 0.29) is 0 Å². The molecule has 0 aliphatic carbocycles. The summed E-state index contributed by atoms with van der Waals surface area (Å²) in [6.45, 7) is 8.33. The van der Waals surface area contributed by atoms with E-state index < -0.39 is 0 Å². The highest BCUT2D eigenvalue weighted by Crippen LogP contribution is 2.18. The van der Waals surface area contributed by atoms with Gasteiger partial charge in [0.25, 0.3) is 0 Å². The first-order valence-electron chi connectivity index (χ1n) is 6.59. The summed E-state index contributed by atoms with van der Waals surface area (Å²) in [6.07, 6.45) is 0. The molecule has 0 bridgehead atoms. The summed E-state index contributed by atoms with van der Waals surface area (Å²) in [5, 5.41) is 3.53. The number of hydrogen-bond donors (Lipinski definition) is 1. The Morgan fingerprint density at radius 3 is 2.21 bits per heavy atom. The fourth-order valence-corrected chi connectivity index (χ4v) is 2.88. The van der Waals surface area contributed by atoms with Gasteiger partial charge < -0.3 is 5.32 Å². The van der Waals surface area contributed by atoms with Crippen molar-refractivity contribution in [2.75, 3.05) is 0 Å². The molecule has 0 spiro atoms. The summed E-state index contributed by atoms with van der Waals surface area (Å²) >= 11 is 3.58. The van der Waals surface area contributed by atoms with E-state index in [1.54, 1.807) is 0 Å². The Kier molecular flexibility index (Phi) is 4.78. The van der Waals surface area contributed by atoms with Gasteiger partial charge >= 0.3 is 0 Å². The van der Waals surface area contributed by atoms with Crippen LogP contribution in [0.3, 0.4) is 0 Å². The van der Waals surface area contributed by atoms with Crippen molar-refractivity contribution >= 4 is 15.9 Å². The number of halogens is 1. The van der Waals surface area contributed by atoms with Crippen LogP contribution in [-0.4, -0.2) is 0 Å². The number of aryl methyl sites for hydroxylation is 3. The van der Waals surface area contributed by atoms with Crippen LogP contribution in [0.4, 0.5) is 0 Å². The molecule has 1 nitrogen and oxygen atoms in total. The van der Waals surface area contributed by atoms with Crippen LogP contribution in [0.5, 0.6) is 0 Å². The zero-order valence-electron chi connectivity index (χ0n) is 11.8. The Labute approximate surface area is 124 Å². The SMILES string of the molecule is Cc1cc(C)c(CNCc2ccccc2Br)c(C)c1. The van der Waals surface area contributed by atoms with Crippen LogP contribution in [0, 0.1) is 20.8 Å². The highest BCUT2D eigenvalue weighted by atomic mass is 79.9. The van der Waals surface area contributed by atoms with Gasteiger partial charge in [0.15, 0.2) is 0 Å². The summed E-state index contributed by atoms with van der Waals surface area (Å²) in [6, 6.07) is 12.8. The van der Waals surface area contributed by atoms with Crippen LogP contribution in [0.1, 0.15) is 27.8 Å². The van der Waals surface area contributed by atoms with Gasteiger partial charge in [0.2, 0.25) is 0 Å². The lowest BCUT2D eigenvalue weighted by Crippen LogP contribution is -2.15. The zero-order valence-corrected chi connectivity index (χ0v) is 13.3. The largest absolute Gasteiger partial charge is 0.309 e. The van der Waals surface area contributed by atoms with E-state index >= 15 is 0 Å². The molecule has 0 amide bonds. The van der Waals surface area contributed by atoms with Gasteiger partial charge in [0.1, 0.15) is 0 Å². The third kappa shape index (κ3) is 3.68. The van der Waals surface area contributed by atoms with Crippen LogP contribution in [-0.2, 0) is 13.1 Å².